The molecule has 0 heterocycles. The summed E-state index contributed by atoms with van der Waals surface area (Å²) in [4.78, 5) is 13.5. The van der Waals surface area contributed by atoms with Crippen molar-refractivity contribution in [2.24, 2.45) is 5.92 Å². The van der Waals surface area contributed by atoms with Crippen LogP contribution in [0.5, 0.6) is 0 Å². The predicted octanol–water partition coefficient (Wildman–Crippen LogP) is 3.53. The minimum atomic E-state index is -0.662. The Morgan fingerprint density at radius 2 is 1.89 bits per heavy atom. The highest BCUT2D eigenvalue weighted by Gasteiger charge is 2.23. The Morgan fingerprint density at radius 3 is 2.39 bits per heavy atom. The first-order chi connectivity index (χ1) is 8.65. The van der Waals surface area contributed by atoms with Gasteiger partial charge in [0.25, 0.3) is 0 Å². The topological polar surface area (TPSA) is 40.5 Å². The summed E-state index contributed by atoms with van der Waals surface area (Å²) in [7, 11) is 0. The number of unbranched alkanes of at least 4 members (excludes halogenated alkanes) is 1. The summed E-state index contributed by atoms with van der Waals surface area (Å²) >= 11 is 0. The standard InChI is InChI=1S/C15H29NO2/c1-3-4-11-16(12-13(2)15(17)18)14-9-7-5-6-8-10-14/h13-14H,3-12H2,1-2H3,(H,17,18). The highest BCUT2D eigenvalue weighted by atomic mass is 16.4. The van der Waals surface area contributed by atoms with Gasteiger partial charge in [0.05, 0.1) is 5.92 Å². The molecule has 0 amide bonds. The lowest BCUT2D eigenvalue weighted by Crippen LogP contribution is -2.40. The van der Waals surface area contributed by atoms with Crippen molar-refractivity contribution >= 4 is 5.97 Å². The molecule has 0 aromatic heterocycles. The van der Waals surface area contributed by atoms with E-state index >= 15 is 0 Å². The van der Waals surface area contributed by atoms with Gasteiger partial charge in [-0.15, -0.1) is 0 Å². The molecule has 3 heteroatoms. The highest BCUT2D eigenvalue weighted by molar-refractivity contribution is 5.69. The molecular weight excluding hydrogens is 226 g/mol. The van der Waals surface area contributed by atoms with Crippen LogP contribution in [0.3, 0.4) is 0 Å². The van der Waals surface area contributed by atoms with Crippen molar-refractivity contribution in [1.82, 2.24) is 4.90 Å². The Bertz CT molecular complexity index is 235. The molecule has 1 aliphatic rings. The van der Waals surface area contributed by atoms with Crippen molar-refractivity contribution in [1.29, 1.82) is 0 Å². The number of nitrogens with zero attached hydrogens (tertiary/aromatic N) is 1. The van der Waals surface area contributed by atoms with Gasteiger partial charge >= 0.3 is 5.97 Å². The summed E-state index contributed by atoms with van der Waals surface area (Å²) in [5, 5.41) is 9.08. The van der Waals surface area contributed by atoms with Gasteiger partial charge < -0.3 is 5.11 Å². The molecule has 18 heavy (non-hydrogen) atoms. The van der Waals surface area contributed by atoms with E-state index in [1.165, 1.54) is 51.4 Å². The molecule has 1 unspecified atom stereocenters. The van der Waals surface area contributed by atoms with Crippen molar-refractivity contribution in [3.8, 4) is 0 Å². The van der Waals surface area contributed by atoms with Crippen LogP contribution in [-0.2, 0) is 4.79 Å². The average Bonchev–Trinajstić information content (AvgIpc) is 2.62. The minimum Gasteiger partial charge on any atom is -0.481 e. The monoisotopic (exact) mass is 255 g/mol. The normalized spacial score (nSPS) is 19.7. The van der Waals surface area contributed by atoms with Gasteiger partial charge in [-0.2, -0.15) is 0 Å². The van der Waals surface area contributed by atoms with E-state index in [0.717, 1.165) is 13.1 Å². The summed E-state index contributed by atoms with van der Waals surface area (Å²) < 4.78 is 0. The largest absolute Gasteiger partial charge is 0.481 e. The summed E-state index contributed by atoms with van der Waals surface area (Å²) in [6, 6.07) is 0.626. The Kier molecular flexibility index (Phi) is 7.33. The molecule has 106 valence electrons. The molecule has 1 fully saturated rings. The van der Waals surface area contributed by atoms with Crippen LogP contribution in [0.4, 0.5) is 0 Å². The van der Waals surface area contributed by atoms with Crippen LogP contribution in [-0.4, -0.2) is 35.1 Å². The zero-order chi connectivity index (χ0) is 13.4. The van der Waals surface area contributed by atoms with Gasteiger partial charge in [0.2, 0.25) is 0 Å². The zero-order valence-electron chi connectivity index (χ0n) is 12.0. The molecule has 0 aromatic carbocycles. The number of carboxylic acids is 1. The summed E-state index contributed by atoms with van der Waals surface area (Å²) in [6.07, 6.45) is 10.2. The summed E-state index contributed by atoms with van der Waals surface area (Å²) in [5.74, 6) is -0.907. The van der Waals surface area contributed by atoms with Crippen molar-refractivity contribution in [3.63, 3.8) is 0 Å². The number of rotatable bonds is 7. The first-order valence-electron chi connectivity index (χ1n) is 7.62. The molecule has 0 spiro atoms. The van der Waals surface area contributed by atoms with Gasteiger partial charge in [-0.05, 0) is 25.8 Å². The van der Waals surface area contributed by atoms with E-state index in [9.17, 15) is 4.79 Å². The predicted molar refractivity (Wildman–Crippen MR) is 74.8 cm³/mol. The molecule has 0 radical (unpaired) electrons. The fraction of sp³-hybridized carbons (Fsp3) is 0.933. The molecule has 0 aliphatic heterocycles. The Hall–Kier alpha value is -0.570. The van der Waals surface area contributed by atoms with Gasteiger partial charge in [0.15, 0.2) is 0 Å². The Labute approximate surface area is 112 Å². The lowest BCUT2D eigenvalue weighted by atomic mass is 10.0. The second-order valence-electron chi connectivity index (χ2n) is 5.73. The number of carbonyl (C=O) groups is 1. The van der Waals surface area contributed by atoms with E-state index in [-0.39, 0.29) is 5.92 Å². The highest BCUT2D eigenvalue weighted by Crippen LogP contribution is 2.23. The molecule has 1 aliphatic carbocycles. The third-order valence-electron chi connectivity index (χ3n) is 4.07. The molecule has 3 nitrogen and oxygen atoms in total. The second-order valence-corrected chi connectivity index (χ2v) is 5.73. The first-order valence-corrected chi connectivity index (χ1v) is 7.62. The quantitative estimate of drug-likeness (QED) is 0.707. The smallest absolute Gasteiger partial charge is 0.307 e. The zero-order valence-corrected chi connectivity index (χ0v) is 12.0. The molecule has 0 saturated heterocycles. The van der Waals surface area contributed by atoms with Crippen LogP contribution in [0, 0.1) is 5.92 Å². The van der Waals surface area contributed by atoms with Crippen LogP contribution in [0.2, 0.25) is 0 Å². The minimum absolute atomic E-state index is 0.245. The maximum atomic E-state index is 11.0. The fourth-order valence-corrected chi connectivity index (χ4v) is 2.84. The van der Waals surface area contributed by atoms with Gasteiger partial charge in [0, 0.05) is 12.6 Å². The maximum Gasteiger partial charge on any atom is 0.307 e. The van der Waals surface area contributed by atoms with E-state index in [4.69, 9.17) is 5.11 Å². The Morgan fingerprint density at radius 1 is 1.28 bits per heavy atom. The van der Waals surface area contributed by atoms with Gasteiger partial charge in [-0.1, -0.05) is 46.0 Å². The van der Waals surface area contributed by atoms with Crippen LogP contribution in [0.25, 0.3) is 0 Å². The summed E-state index contributed by atoms with van der Waals surface area (Å²) in [5.41, 5.74) is 0. The third kappa shape index (κ3) is 5.38. The van der Waals surface area contributed by atoms with Crippen LogP contribution in [0.1, 0.15) is 65.2 Å². The number of carboxylic acid groups (broad SMARTS) is 1. The van der Waals surface area contributed by atoms with Crippen molar-refractivity contribution in [2.75, 3.05) is 13.1 Å². The van der Waals surface area contributed by atoms with Crippen LogP contribution >= 0.6 is 0 Å². The first kappa shape index (κ1) is 15.5. The molecule has 1 atom stereocenters. The Balaban J connectivity index is 2.54. The molecule has 0 bridgehead atoms. The van der Waals surface area contributed by atoms with Crippen LogP contribution < -0.4 is 0 Å². The average molecular weight is 255 g/mol. The molecule has 1 rings (SSSR count). The lowest BCUT2D eigenvalue weighted by Gasteiger charge is -2.32. The third-order valence-corrected chi connectivity index (χ3v) is 4.07. The van der Waals surface area contributed by atoms with E-state index in [2.05, 4.69) is 11.8 Å². The van der Waals surface area contributed by atoms with Crippen LogP contribution in [0.15, 0.2) is 0 Å². The molecule has 0 aromatic rings. The number of hydrogen-bond acceptors (Lipinski definition) is 2. The SMILES string of the molecule is CCCCN(CC(C)C(=O)O)C1CCCCCC1. The fourth-order valence-electron chi connectivity index (χ4n) is 2.84. The van der Waals surface area contributed by atoms with Gasteiger partial charge in [-0.25, -0.2) is 0 Å². The molecular formula is C15H29NO2. The van der Waals surface area contributed by atoms with E-state index < -0.39 is 5.97 Å². The molecule has 1 saturated carbocycles. The van der Waals surface area contributed by atoms with E-state index in [0.29, 0.717) is 6.04 Å². The summed E-state index contributed by atoms with van der Waals surface area (Å²) in [6.45, 7) is 5.82. The second kappa shape index (κ2) is 8.52. The van der Waals surface area contributed by atoms with Crippen molar-refractivity contribution in [3.05, 3.63) is 0 Å². The van der Waals surface area contributed by atoms with E-state index in [1.807, 2.05) is 6.92 Å². The number of hydrogen-bond donors (Lipinski definition) is 1. The molecule has 1 N–H and O–H groups in total. The van der Waals surface area contributed by atoms with Crippen molar-refractivity contribution < 1.29 is 9.90 Å². The maximum absolute atomic E-state index is 11.0. The van der Waals surface area contributed by atoms with Crippen molar-refractivity contribution in [2.45, 2.75) is 71.3 Å². The number of aliphatic carboxylic acids is 1. The lowest BCUT2D eigenvalue weighted by molar-refractivity contribution is -0.142. The van der Waals surface area contributed by atoms with E-state index in [1.54, 1.807) is 0 Å². The van der Waals surface area contributed by atoms with Gasteiger partial charge in [-0.3, -0.25) is 9.69 Å². The van der Waals surface area contributed by atoms with Gasteiger partial charge in [0.1, 0.15) is 0 Å².